The molecule has 0 unspecified atom stereocenters. The predicted molar refractivity (Wildman–Crippen MR) is 79.6 cm³/mol. The zero-order valence-electron chi connectivity index (χ0n) is 12.8. The van der Waals surface area contributed by atoms with Crippen LogP contribution in [-0.2, 0) is 5.41 Å². The summed E-state index contributed by atoms with van der Waals surface area (Å²) in [6.07, 6.45) is 0. The van der Waals surface area contributed by atoms with Gasteiger partial charge in [0.1, 0.15) is 5.75 Å². The van der Waals surface area contributed by atoms with Crippen LogP contribution in [-0.4, -0.2) is 13.7 Å². The number of nitrogens with one attached hydrogen (secondary N) is 1. The maximum Gasteiger partial charge on any atom is 0.141 e. The van der Waals surface area contributed by atoms with Gasteiger partial charge in [0, 0.05) is 6.54 Å². The summed E-state index contributed by atoms with van der Waals surface area (Å²) in [6, 6.07) is 8.45. The molecule has 1 aromatic rings. The van der Waals surface area contributed by atoms with Crippen LogP contribution in [0.25, 0.3) is 0 Å². The van der Waals surface area contributed by atoms with E-state index in [0.29, 0.717) is 6.54 Å². The molecule has 3 heteroatoms. The molecule has 0 spiro atoms. The first-order chi connectivity index (χ1) is 8.69. The Kier molecular flexibility index (Phi) is 4.47. The van der Waals surface area contributed by atoms with Crippen LogP contribution in [0.5, 0.6) is 5.75 Å². The lowest BCUT2D eigenvalue weighted by molar-refractivity contribution is 0.415. The summed E-state index contributed by atoms with van der Waals surface area (Å²) in [5.41, 5.74) is 1.87. The normalized spacial score (nSPS) is 11.8. The Morgan fingerprint density at radius 2 is 1.84 bits per heavy atom. The van der Waals surface area contributed by atoms with Gasteiger partial charge in [0.25, 0.3) is 0 Å². The van der Waals surface area contributed by atoms with E-state index in [1.807, 2.05) is 19.9 Å². The molecule has 104 valence electrons. The standard InChI is InChI=1S/C16H24N2O/c1-15(2,3)12-7-8-14(19-6)13(9-12)18-11-16(4,5)10-17/h7-9,18H,11H2,1-6H3. The Bertz CT molecular complexity index is 479. The maximum absolute atomic E-state index is 9.06. The number of ether oxygens (including phenoxy) is 1. The second-order valence-electron chi connectivity index (χ2n) is 6.51. The van der Waals surface area contributed by atoms with Crippen molar-refractivity contribution in [3.05, 3.63) is 23.8 Å². The molecule has 0 saturated heterocycles. The molecule has 1 aromatic carbocycles. The van der Waals surface area contributed by atoms with Gasteiger partial charge in [0.05, 0.1) is 24.3 Å². The number of methoxy groups -OCH3 is 1. The molecule has 0 aliphatic carbocycles. The number of rotatable bonds is 4. The average Bonchev–Trinajstić information content (AvgIpc) is 2.35. The average molecular weight is 260 g/mol. The van der Waals surface area contributed by atoms with Gasteiger partial charge in [-0.2, -0.15) is 5.26 Å². The predicted octanol–water partition coefficient (Wildman–Crippen LogP) is 3.95. The second kappa shape index (κ2) is 5.52. The van der Waals surface area contributed by atoms with E-state index >= 15 is 0 Å². The van der Waals surface area contributed by atoms with Crippen LogP contribution >= 0.6 is 0 Å². The highest BCUT2D eigenvalue weighted by atomic mass is 16.5. The summed E-state index contributed by atoms with van der Waals surface area (Å²) in [6.45, 7) is 11.0. The van der Waals surface area contributed by atoms with Crippen LogP contribution in [0.4, 0.5) is 5.69 Å². The first kappa shape index (κ1) is 15.4. The van der Waals surface area contributed by atoms with Crippen LogP contribution in [0.2, 0.25) is 0 Å². The van der Waals surface area contributed by atoms with Crippen molar-refractivity contribution >= 4 is 5.69 Å². The van der Waals surface area contributed by atoms with Gasteiger partial charge in [-0.25, -0.2) is 0 Å². The van der Waals surface area contributed by atoms with Gasteiger partial charge in [-0.1, -0.05) is 26.8 Å². The molecule has 19 heavy (non-hydrogen) atoms. The van der Waals surface area contributed by atoms with E-state index in [9.17, 15) is 0 Å². The molecule has 0 fully saturated rings. The molecule has 0 amide bonds. The van der Waals surface area contributed by atoms with Gasteiger partial charge in [-0.3, -0.25) is 0 Å². The van der Waals surface area contributed by atoms with E-state index in [1.54, 1.807) is 7.11 Å². The van der Waals surface area contributed by atoms with Crippen LogP contribution < -0.4 is 10.1 Å². The van der Waals surface area contributed by atoms with E-state index < -0.39 is 5.41 Å². The third-order valence-electron chi connectivity index (χ3n) is 3.09. The highest BCUT2D eigenvalue weighted by Gasteiger charge is 2.19. The fourth-order valence-electron chi connectivity index (χ4n) is 1.67. The molecule has 0 atom stereocenters. The van der Waals surface area contributed by atoms with E-state index in [0.717, 1.165) is 11.4 Å². The van der Waals surface area contributed by atoms with E-state index in [2.05, 4.69) is 44.3 Å². The third kappa shape index (κ3) is 4.17. The first-order valence-electron chi connectivity index (χ1n) is 6.53. The monoisotopic (exact) mass is 260 g/mol. The lowest BCUT2D eigenvalue weighted by Gasteiger charge is -2.23. The molecule has 1 N–H and O–H groups in total. The third-order valence-corrected chi connectivity index (χ3v) is 3.09. The van der Waals surface area contributed by atoms with Crippen molar-refractivity contribution in [1.29, 1.82) is 5.26 Å². The van der Waals surface area contributed by atoms with Crippen LogP contribution in [0.15, 0.2) is 18.2 Å². The quantitative estimate of drug-likeness (QED) is 0.891. The second-order valence-corrected chi connectivity index (χ2v) is 6.51. The topological polar surface area (TPSA) is 45.0 Å². The highest BCUT2D eigenvalue weighted by molar-refractivity contribution is 5.59. The van der Waals surface area contributed by atoms with Crippen molar-refractivity contribution in [3.8, 4) is 11.8 Å². The largest absolute Gasteiger partial charge is 0.495 e. The Labute approximate surface area is 116 Å². The summed E-state index contributed by atoms with van der Waals surface area (Å²) in [4.78, 5) is 0. The van der Waals surface area contributed by atoms with Crippen molar-refractivity contribution in [2.75, 3.05) is 19.0 Å². The molecule has 0 aliphatic rings. The lowest BCUT2D eigenvalue weighted by atomic mass is 9.86. The summed E-state index contributed by atoms with van der Waals surface area (Å²) in [5.74, 6) is 0.807. The van der Waals surface area contributed by atoms with Crippen LogP contribution in [0.1, 0.15) is 40.2 Å². The van der Waals surface area contributed by atoms with Gasteiger partial charge in [0.15, 0.2) is 0 Å². The number of nitriles is 1. The van der Waals surface area contributed by atoms with Crippen molar-refractivity contribution in [2.24, 2.45) is 5.41 Å². The molecular weight excluding hydrogens is 236 g/mol. The molecule has 0 bridgehead atoms. The summed E-state index contributed by atoms with van der Waals surface area (Å²) in [5, 5.41) is 12.4. The zero-order valence-corrected chi connectivity index (χ0v) is 12.8. The van der Waals surface area contributed by atoms with E-state index in [4.69, 9.17) is 10.00 Å². The minimum Gasteiger partial charge on any atom is -0.495 e. The minimum atomic E-state index is -0.400. The summed E-state index contributed by atoms with van der Waals surface area (Å²) < 4.78 is 5.37. The van der Waals surface area contributed by atoms with Gasteiger partial charge in [-0.15, -0.1) is 0 Å². The molecular formula is C16H24N2O. The SMILES string of the molecule is COc1ccc(C(C)(C)C)cc1NCC(C)(C)C#N. The molecule has 0 heterocycles. The maximum atomic E-state index is 9.06. The molecule has 0 aliphatic heterocycles. The Hall–Kier alpha value is -1.69. The fourth-order valence-corrected chi connectivity index (χ4v) is 1.67. The molecule has 0 aromatic heterocycles. The van der Waals surface area contributed by atoms with Crippen molar-refractivity contribution < 1.29 is 4.74 Å². The molecule has 3 nitrogen and oxygen atoms in total. The van der Waals surface area contributed by atoms with Crippen LogP contribution in [0, 0.1) is 16.7 Å². The van der Waals surface area contributed by atoms with Gasteiger partial charge in [0.2, 0.25) is 0 Å². The number of hydrogen-bond acceptors (Lipinski definition) is 3. The fraction of sp³-hybridized carbons (Fsp3) is 0.562. The van der Waals surface area contributed by atoms with Gasteiger partial charge >= 0.3 is 0 Å². The van der Waals surface area contributed by atoms with Crippen molar-refractivity contribution in [2.45, 2.75) is 40.0 Å². The number of hydrogen-bond donors (Lipinski definition) is 1. The molecule has 0 radical (unpaired) electrons. The zero-order chi connectivity index (χ0) is 14.7. The van der Waals surface area contributed by atoms with Crippen molar-refractivity contribution in [1.82, 2.24) is 0 Å². The molecule has 0 saturated carbocycles. The Morgan fingerprint density at radius 1 is 1.21 bits per heavy atom. The van der Waals surface area contributed by atoms with E-state index in [1.165, 1.54) is 5.56 Å². The summed E-state index contributed by atoms with van der Waals surface area (Å²) >= 11 is 0. The first-order valence-corrected chi connectivity index (χ1v) is 6.53. The van der Waals surface area contributed by atoms with Crippen molar-refractivity contribution in [3.63, 3.8) is 0 Å². The van der Waals surface area contributed by atoms with Crippen LogP contribution in [0.3, 0.4) is 0 Å². The van der Waals surface area contributed by atoms with Gasteiger partial charge in [-0.05, 0) is 37.0 Å². The summed E-state index contributed by atoms with van der Waals surface area (Å²) in [7, 11) is 1.66. The number of nitrogens with zero attached hydrogens (tertiary/aromatic N) is 1. The number of anilines is 1. The molecule has 1 rings (SSSR count). The Balaban J connectivity index is 3.01. The Morgan fingerprint density at radius 3 is 2.32 bits per heavy atom. The van der Waals surface area contributed by atoms with Gasteiger partial charge < -0.3 is 10.1 Å². The lowest BCUT2D eigenvalue weighted by Crippen LogP contribution is -2.21. The smallest absolute Gasteiger partial charge is 0.141 e. The number of benzene rings is 1. The highest BCUT2D eigenvalue weighted by Crippen LogP contribution is 2.32. The van der Waals surface area contributed by atoms with E-state index in [-0.39, 0.29) is 5.41 Å². The minimum absolute atomic E-state index is 0.0907.